The first kappa shape index (κ1) is 15.4. The monoisotopic (exact) mass is 287 g/mol. The number of hydrogen-bond donors (Lipinski definition) is 1. The van der Waals surface area contributed by atoms with Crippen LogP contribution in [0.15, 0.2) is 42.6 Å². The molecule has 1 aromatic carbocycles. The molecule has 0 atom stereocenters. The molecule has 0 aliphatic heterocycles. The molecule has 0 aliphatic rings. The summed E-state index contributed by atoms with van der Waals surface area (Å²) in [7, 11) is 0. The van der Waals surface area contributed by atoms with Gasteiger partial charge in [0.25, 0.3) is 0 Å². The topological polar surface area (TPSA) is 28.2 Å². The lowest BCUT2D eigenvalue weighted by molar-refractivity contribution is 0.591. The third-order valence-corrected chi connectivity index (χ3v) is 3.45. The first-order valence-electron chi connectivity index (χ1n) is 7.39. The molecule has 0 amide bonds. The molecular weight excluding hydrogens is 265 g/mol. The second-order valence-electron chi connectivity index (χ2n) is 4.85. The van der Waals surface area contributed by atoms with E-state index in [-0.39, 0.29) is 5.82 Å². The molecule has 4 heteroatoms. The van der Waals surface area contributed by atoms with Crippen LogP contribution >= 0.6 is 0 Å². The van der Waals surface area contributed by atoms with Crippen LogP contribution in [0.4, 0.5) is 10.1 Å². The van der Waals surface area contributed by atoms with Crippen molar-refractivity contribution in [2.24, 2.45) is 0 Å². The highest BCUT2D eigenvalue weighted by Crippen LogP contribution is 2.24. The summed E-state index contributed by atoms with van der Waals surface area (Å²) in [6.45, 7) is 6.94. The third-order valence-electron chi connectivity index (χ3n) is 3.45. The van der Waals surface area contributed by atoms with Crippen LogP contribution in [0.25, 0.3) is 0 Å². The van der Waals surface area contributed by atoms with Gasteiger partial charge in [-0.3, -0.25) is 4.98 Å². The average molecular weight is 287 g/mol. The molecular formula is C17H22FN3. The fourth-order valence-electron chi connectivity index (χ4n) is 2.32. The number of pyridine rings is 1. The second-order valence-corrected chi connectivity index (χ2v) is 4.85. The van der Waals surface area contributed by atoms with Gasteiger partial charge in [0.1, 0.15) is 5.82 Å². The van der Waals surface area contributed by atoms with E-state index in [1.165, 1.54) is 6.07 Å². The normalized spacial score (nSPS) is 10.6. The molecule has 1 N–H and O–H groups in total. The van der Waals surface area contributed by atoms with Crippen molar-refractivity contribution in [3.05, 3.63) is 59.7 Å². The Morgan fingerprint density at radius 3 is 2.67 bits per heavy atom. The Balaban J connectivity index is 2.27. The molecule has 1 aromatic heterocycles. The Kier molecular flexibility index (Phi) is 5.69. The highest BCUT2D eigenvalue weighted by molar-refractivity contribution is 5.54. The molecule has 0 bridgehead atoms. The van der Waals surface area contributed by atoms with Gasteiger partial charge < -0.3 is 10.2 Å². The standard InChI is InChI=1S/C17H22FN3/c1-3-19-12-15-16(18)9-7-10-17(15)21(4-2)13-14-8-5-6-11-20-14/h5-11,19H,3-4,12-13H2,1-2H3. The van der Waals surface area contributed by atoms with Crippen molar-refractivity contribution < 1.29 is 4.39 Å². The van der Waals surface area contributed by atoms with Gasteiger partial charge >= 0.3 is 0 Å². The van der Waals surface area contributed by atoms with Gasteiger partial charge in [0.05, 0.1) is 12.2 Å². The number of nitrogens with one attached hydrogen (secondary N) is 1. The van der Waals surface area contributed by atoms with Gasteiger partial charge in [-0.05, 0) is 37.7 Å². The lowest BCUT2D eigenvalue weighted by Crippen LogP contribution is -2.25. The van der Waals surface area contributed by atoms with Crippen molar-refractivity contribution in [2.45, 2.75) is 26.9 Å². The first-order chi connectivity index (χ1) is 10.3. The summed E-state index contributed by atoms with van der Waals surface area (Å²) < 4.78 is 14.1. The van der Waals surface area contributed by atoms with Gasteiger partial charge in [-0.25, -0.2) is 4.39 Å². The summed E-state index contributed by atoms with van der Waals surface area (Å²) in [5.74, 6) is -0.159. The van der Waals surface area contributed by atoms with Gasteiger partial charge in [0, 0.05) is 30.5 Å². The zero-order chi connectivity index (χ0) is 15.1. The van der Waals surface area contributed by atoms with E-state index in [0.717, 1.165) is 30.0 Å². The van der Waals surface area contributed by atoms with Crippen LogP contribution in [-0.4, -0.2) is 18.1 Å². The predicted octanol–water partition coefficient (Wildman–Crippen LogP) is 3.36. The van der Waals surface area contributed by atoms with E-state index in [1.54, 1.807) is 12.3 Å². The van der Waals surface area contributed by atoms with Crippen LogP contribution in [0.1, 0.15) is 25.1 Å². The van der Waals surface area contributed by atoms with Crippen molar-refractivity contribution in [2.75, 3.05) is 18.0 Å². The van der Waals surface area contributed by atoms with Gasteiger partial charge in [-0.15, -0.1) is 0 Å². The minimum Gasteiger partial charge on any atom is -0.366 e. The molecule has 2 rings (SSSR count). The summed E-state index contributed by atoms with van der Waals surface area (Å²) in [4.78, 5) is 6.51. The average Bonchev–Trinajstić information content (AvgIpc) is 2.52. The van der Waals surface area contributed by atoms with E-state index in [9.17, 15) is 4.39 Å². The van der Waals surface area contributed by atoms with Crippen molar-refractivity contribution >= 4 is 5.69 Å². The maximum absolute atomic E-state index is 14.1. The van der Waals surface area contributed by atoms with Crippen molar-refractivity contribution in [3.63, 3.8) is 0 Å². The van der Waals surface area contributed by atoms with Gasteiger partial charge in [-0.1, -0.05) is 19.1 Å². The quantitative estimate of drug-likeness (QED) is 0.846. The zero-order valence-electron chi connectivity index (χ0n) is 12.6. The molecule has 0 unspecified atom stereocenters. The fourth-order valence-corrected chi connectivity index (χ4v) is 2.32. The number of rotatable bonds is 7. The molecule has 0 saturated heterocycles. The lowest BCUT2D eigenvalue weighted by atomic mass is 10.1. The molecule has 0 fully saturated rings. The van der Waals surface area contributed by atoms with E-state index in [4.69, 9.17) is 0 Å². The van der Waals surface area contributed by atoms with Crippen molar-refractivity contribution in [1.82, 2.24) is 10.3 Å². The molecule has 3 nitrogen and oxygen atoms in total. The first-order valence-corrected chi connectivity index (χ1v) is 7.39. The number of anilines is 1. The van der Waals surface area contributed by atoms with Crippen LogP contribution in [0.3, 0.4) is 0 Å². The molecule has 0 spiro atoms. The highest BCUT2D eigenvalue weighted by Gasteiger charge is 2.14. The largest absolute Gasteiger partial charge is 0.366 e. The van der Waals surface area contributed by atoms with E-state index >= 15 is 0 Å². The van der Waals surface area contributed by atoms with Crippen LogP contribution in [0, 0.1) is 5.82 Å². The van der Waals surface area contributed by atoms with Gasteiger partial charge in [-0.2, -0.15) is 0 Å². The summed E-state index contributed by atoms with van der Waals surface area (Å²) in [6, 6.07) is 11.1. The smallest absolute Gasteiger partial charge is 0.129 e. The summed E-state index contributed by atoms with van der Waals surface area (Å²) >= 11 is 0. The maximum atomic E-state index is 14.1. The Morgan fingerprint density at radius 1 is 1.14 bits per heavy atom. The zero-order valence-corrected chi connectivity index (χ0v) is 12.6. The highest BCUT2D eigenvalue weighted by atomic mass is 19.1. The molecule has 1 heterocycles. The molecule has 0 radical (unpaired) electrons. The van der Waals surface area contributed by atoms with Crippen LogP contribution < -0.4 is 10.2 Å². The Morgan fingerprint density at radius 2 is 2.00 bits per heavy atom. The Hall–Kier alpha value is -1.94. The molecule has 112 valence electrons. The predicted molar refractivity (Wildman–Crippen MR) is 84.7 cm³/mol. The SMILES string of the molecule is CCNCc1c(F)cccc1N(CC)Cc1ccccn1. The van der Waals surface area contributed by atoms with Crippen LogP contribution in [0.5, 0.6) is 0 Å². The summed E-state index contributed by atoms with van der Waals surface area (Å²) in [5.41, 5.74) is 2.64. The van der Waals surface area contributed by atoms with E-state index in [2.05, 4.69) is 22.1 Å². The molecule has 0 aliphatic carbocycles. The minimum atomic E-state index is -0.159. The molecule has 21 heavy (non-hydrogen) atoms. The Bertz CT molecular complexity index is 557. The van der Waals surface area contributed by atoms with Gasteiger partial charge in [0.2, 0.25) is 0 Å². The van der Waals surface area contributed by atoms with E-state index in [1.807, 2.05) is 31.2 Å². The minimum absolute atomic E-state index is 0.159. The Labute approximate surface area is 125 Å². The number of halogens is 1. The van der Waals surface area contributed by atoms with Gasteiger partial charge in [0.15, 0.2) is 0 Å². The number of benzene rings is 1. The third kappa shape index (κ3) is 4.02. The lowest BCUT2D eigenvalue weighted by Gasteiger charge is -2.26. The summed E-state index contributed by atoms with van der Waals surface area (Å²) in [5, 5.41) is 3.21. The number of hydrogen-bond acceptors (Lipinski definition) is 3. The second kappa shape index (κ2) is 7.74. The van der Waals surface area contributed by atoms with E-state index in [0.29, 0.717) is 13.1 Å². The van der Waals surface area contributed by atoms with E-state index < -0.39 is 0 Å². The van der Waals surface area contributed by atoms with Crippen LogP contribution in [-0.2, 0) is 13.1 Å². The molecule has 2 aromatic rings. The number of aromatic nitrogens is 1. The fraction of sp³-hybridized carbons (Fsp3) is 0.353. The molecule has 0 saturated carbocycles. The van der Waals surface area contributed by atoms with Crippen molar-refractivity contribution in [1.29, 1.82) is 0 Å². The van der Waals surface area contributed by atoms with Crippen molar-refractivity contribution in [3.8, 4) is 0 Å². The number of nitrogens with zero attached hydrogens (tertiary/aromatic N) is 2. The van der Waals surface area contributed by atoms with Crippen LogP contribution in [0.2, 0.25) is 0 Å². The summed E-state index contributed by atoms with van der Waals surface area (Å²) in [6.07, 6.45) is 1.79. The maximum Gasteiger partial charge on any atom is 0.129 e.